The number of carbonyl (C=O) groups excluding carboxylic acids is 3. The van der Waals surface area contributed by atoms with Crippen molar-refractivity contribution in [3.8, 4) is 34.3 Å². The van der Waals surface area contributed by atoms with Crippen LogP contribution in [0, 0.1) is 5.82 Å². The summed E-state index contributed by atoms with van der Waals surface area (Å²) in [7, 11) is 0. The molecule has 2 saturated heterocycles. The third-order valence-electron chi connectivity index (χ3n) is 6.60. The smallest absolute Gasteiger partial charge is 0.328 e. The lowest BCUT2D eigenvalue weighted by atomic mass is 9.92. The summed E-state index contributed by atoms with van der Waals surface area (Å²) in [5.41, 5.74) is 0.511. The van der Waals surface area contributed by atoms with Crippen molar-refractivity contribution in [1.29, 1.82) is 0 Å². The number of ether oxygens (including phenoxy) is 1. The zero-order chi connectivity index (χ0) is 26.3. The minimum absolute atomic E-state index is 0.287. The van der Waals surface area contributed by atoms with Crippen LogP contribution in [0.5, 0.6) is 11.6 Å². The Hall–Kier alpha value is -5.06. The Morgan fingerprint density at radius 1 is 0.974 bits per heavy atom. The minimum Gasteiger partial charge on any atom is -0.444 e. The number of carbonyl (C=O) groups is 3. The van der Waals surface area contributed by atoms with E-state index in [9.17, 15) is 18.8 Å². The van der Waals surface area contributed by atoms with E-state index in [4.69, 9.17) is 9.15 Å². The van der Waals surface area contributed by atoms with Gasteiger partial charge in [0.15, 0.2) is 5.54 Å². The first kappa shape index (κ1) is 23.3. The van der Waals surface area contributed by atoms with Crippen molar-refractivity contribution in [3.05, 3.63) is 78.9 Å². The SMILES string of the molecule is O=C1NC(=O)C2(CCCN2c2ccc(Oc3ccc(-c4nc(-c5ccccc5F)co4)cc3)nc2)C(=O)N1. The number of rotatable bonds is 5. The molecule has 10 nitrogen and oxygen atoms in total. The van der Waals surface area contributed by atoms with Crippen molar-refractivity contribution < 1.29 is 27.9 Å². The number of benzene rings is 2. The first-order valence-electron chi connectivity index (χ1n) is 11.8. The molecule has 38 heavy (non-hydrogen) atoms. The molecule has 1 spiro atoms. The van der Waals surface area contributed by atoms with Gasteiger partial charge in [-0.1, -0.05) is 12.1 Å². The van der Waals surface area contributed by atoms with E-state index in [-0.39, 0.29) is 12.2 Å². The molecule has 11 heteroatoms. The Bertz CT molecular complexity index is 1530. The van der Waals surface area contributed by atoms with Gasteiger partial charge < -0.3 is 14.1 Å². The normalized spacial score (nSPS) is 16.4. The van der Waals surface area contributed by atoms with Gasteiger partial charge in [-0.3, -0.25) is 20.2 Å². The Labute approximate surface area is 215 Å². The van der Waals surface area contributed by atoms with Gasteiger partial charge in [0, 0.05) is 23.7 Å². The van der Waals surface area contributed by atoms with E-state index in [0.717, 1.165) is 0 Å². The molecule has 190 valence electrons. The highest BCUT2D eigenvalue weighted by molar-refractivity contribution is 6.24. The molecule has 0 aliphatic carbocycles. The molecule has 2 aliphatic rings. The highest BCUT2D eigenvalue weighted by Gasteiger charge is 2.57. The number of nitrogens with one attached hydrogen (secondary N) is 2. The largest absolute Gasteiger partial charge is 0.444 e. The summed E-state index contributed by atoms with van der Waals surface area (Å²) >= 11 is 0. The van der Waals surface area contributed by atoms with Gasteiger partial charge in [-0.2, -0.15) is 0 Å². The van der Waals surface area contributed by atoms with Crippen molar-refractivity contribution in [1.82, 2.24) is 20.6 Å². The molecule has 2 aromatic carbocycles. The van der Waals surface area contributed by atoms with E-state index in [2.05, 4.69) is 20.6 Å². The van der Waals surface area contributed by atoms with Crippen molar-refractivity contribution in [2.75, 3.05) is 11.4 Å². The van der Waals surface area contributed by atoms with Crippen LogP contribution in [0.15, 0.2) is 77.5 Å². The van der Waals surface area contributed by atoms with Crippen LogP contribution in [0.1, 0.15) is 12.8 Å². The lowest BCUT2D eigenvalue weighted by Crippen LogP contribution is -2.71. The van der Waals surface area contributed by atoms with Crippen molar-refractivity contribution in [2.45, 2.75) is 18.4 Å². The average Bonchev–Trinajstić information content (AvgIpc) is 3.58. The maximum atomic E-state index is 14.0. The summed E-state index contributed by atoms with van der Waals surface area (Å²) in [6, 6.07) is 15.8. The van der Waals surface area contributed by atoms with Gasteiger partial charge in [0.25, 0.3) is 11.8 Å². The quantitative estimate of drug-likeness (QED) is 0.383. The fraction of sp³-hybridized carbons (Fsp3) is 0.148. The number of anilines is 1. The second-order valence-electron chi connectivity index (χ2n) is 8.85. The fourth-order valence-corrected chi connectivity index (χ4v) is 4.77. The number of urea groups is 1. The van der Waals surface area contributed by atoms with Gasteiger partial charge >= 0.3 is 6.03 Å². The van der Waals surface area contributed by atoms with Crippen LogP contribution >= 0.6 is 0 Å². The number of halogens is 1. The van der Waals surface area contributed by atoms with Crippen molar-refractivity contribution >= 4 is 23.5 Å². The second-order valence-corrected chi connectivity index (χ2v) is 8.85. The monoisotopic (exact) mass is 513 g/mol. The number of nitrogens with zero attached hydrogens (tertiary/aromatic N) is 3. The Balaban J connectivity index is 1.16. The van der Waals surface area contributed by atoms with E-state index >= 15 is 0 Å². The predicted molar refractivity (Wildman–Crippen MR) is 133 cm³/mol. The molecule has 0 unspecified atom stereocenters. The Morgan fingerprint density at radius 3 is 2.45 bits per heavy atom. The summed E-state index contributed by atoms with van der Waals surface area (Å²) in [6.07, 6.45) is 3.82. The summed E-state index contributed by atoms with van der Waals surface area (Å²) in [5.74, 6) is -0.505. The molecule has 0 radical (unpaired) electrons. The molecule has 4 aromatic rings. The van der Waals surface area contributed by atoms with Crippen LogP contribution in [0.2, 0.25) is 0 Å². The first-order chi connectivity index (χ1) is 18.4. The summed E-state index contributed by atoms with van der Waals surface area (Å²) < 4.78 is 25.4. The number of barbiturate groups is 1. The molecule has 2 fully saturated rings. The summed E-state index contributed by atoms with van der Waals surface area (Å²) in [4.78, 5) is 47.2. The summed E-state index contributed by atoms with van der Waals surface area (Å²) in [6.45, 7) is 0.456. The average molecular weight is 513 g/mol. The number of aromatic nitrogens is 2. The van der Waals surface area contributed by atoms with E-state index < -0.39 is 23.4 Å². The molecule has 4 heterocycles. The van der Waals surface area contributed by atoms with Crippen LogP contribution in [0.25, 0.3) is 22.7 Å². The fourth-order valence-electron chi connectivity index (χ4n) is 4.77. The molecular weight excluding hydrogens is 493 g/mol. The lowest BCUT2D eigenvalue weighted by molar-refractivity contribution is -0.137. The first-order valence-corrected chi connectivity index (χ1v) is 11.8. The Kier molecular flexibility index (Phi) is 5.60. The van der Waals surface area contributed by atoms with Gasteiger partial charge in [0.2, 0.25) is 11.8 Å². The number of imide groups is 2. The number of oxazole rings is 1. The number of amides is 4. The molecule has 2 aromatic heterocycles. The van der Waals surface area contributed by atoms with Gasteiger partial charge in [-0.25, -0.2) is 19.2 Å². The number of pyridine rings is 1. The molecule has 0 atom stereocenters. The van der Waals surface area contributed by atoms with E-state index in [0.29, 0.717) is 53.0 Å². The maximum absolute atomic E-state index is 14.0. The molecule has 0 saturated carbocycles. The highest BCUT2D eigenvalue weighted by atomic mass is 19.1. The van der Waals surface area contributed by atoms with Gasteiger partial charge in [-0.05, 0) is 55.3 Å². The van der Waals surface area contributed by atoms with Crippen LogP contribution < -0.4 is 20.3 Å². The van der Waals surface area contributed by atoms with E-state index in [1.54, 1.807) is 59.5 Å². The standard InChI is InChI=1S/C27H20FN5O5/c28-20-5-2-1-4-19(20)21-15-37-23(30-21)16-6-9-18(10-7-16)38-22-11-8-17(14-29-22)33-13-3-12-27(33)24(34)31-26(36)32-25(27)35/h1-2,4-11,14-15H,3,12-13H2,(H2,31,32,34,35,36). The van der Waals surface area contributed by atoms with Crippen LogP contribution in [0.4, 0.5) is 14.9 Å². The Morgan fingerprint density at radius 2 is 1.74 bits per heavy atom. The van der Waals surface area contributed by atoms with Gasteiger partial charge in [0.05, 0.1) is 11.9 Å². The third kappa shape index (κ3) is 3.94. The zero-order valence-corrected chi connectivity index (χ0v) is 19.8. The van der Waals surface area contributed by atoms with Crippen molar-refractivity contribution in [2.24, 2.45) is 0 Å². The molecule has 2 aliphatic heterocycles. The molecular formula is C27H20FN5O5. The molecule has 6 rings (SSSR count). The second kappa shape index (κ2) is 9.11. The predicted octanol–water partition coefficient (Wildman–Crippen LogP) is 4.04. The lowest BCUT2D eigenvalue weighted by Gasteiger charge is -2.38. The van der Waals surface area contributed by atoms with E-state index in [1.165, 1.54) is 18.5 Å². The number of hydrogen-bond acceptors (Lipinski definition) is 8. The van der Waals surface area contributed by atoms with Crippen molar-refractivity contribution in [3.63, 3.8) is 0 Å². The van der Waals surface area contributed by atoms with Crippen LogP contribution in [-0.2, 0) is 9.59 Å². The topological polar surface area (TPSA) is 127 Å². The van der Waals surface area contributed by atoms with Gasteiger partial charge in [-0.15, -0.1) is 0 Å². The maximum Gasteiger partial charge on any atom is 0.328 e. The zero-order valence-electron chi connectivity index (χ0n) is 19.8. The number of hydrogen-bond donors (Lipinski definition) is 2. The van der Waals surface area contributed by atoms with E-state index in [1.807, 2.05) is 0 Å². The molecule has 2 N–H and O–H groups in total. The molecule has 0 bridgehead atoms. The van der Waals surface area contributed by atoms with Crippen LogP contribution in [0.3, 0.4) is 0 Å². The van der Waals surface area contributed by atoms with Crippen LogP contribution in [-0.4, -0.2) is 39.9 Å². The highest BCUT2D eigenvalue weighted by Crippen LogP contribution is 2.36. The third-order valence-corrected chi connectivity index (χ3v) is 6.60. The minimum atomic E-state index is -1.49. The molecule has 4 amide bonds. The summed E-state index contributed by atoms with van der Waals surface area (Å²) in [5, 5.41) is 4.38. The van der Waals surface area contributed by atoms with Gasteiger partial charge in [0.1, 0.15) is 23.5 Å².